The summed E-state index contributed by atoms with van der Waals surface area (Å²) in [4.78, 5) is 6.83. The molecule has 1 aromatic heterocycles. The van der Waals surface area contributed by atoms with E-state index < -0.39 is 0 Å². The Morgan fingerprint density at radius 2 is 2.40 bits per heavy atom. The molecule has 15 heavy (non-hydrogen) atoms. The number of piperidine rings is 1. The van der Waals surface area contributed by atoms with Gasteiger partial charge in [0.1, 0.15) is 0 Å². The van der Waals surface area contributed by atoms with E-state index in [9.17, 15) is 0 Å². The highest BCUT2D eigenvalue weighted by molar-refractivity contribution is 14.1. The molecule has 2 aliphatic rings. The Morgan fingerprint density at radius 1 is 1.53 bits per heavy atom. The first kappa shape index (κ1) is 9.96. The second-order valence-corrected chi connectivity index (χ2v) is 5.66. The molecule has 3 heterocycles. The van der Waals surface area contributed by atoms with Gasteiger partial charge in [-0.25, -0.2) is 4.98 Å². The Bertz CT molecular complexity index is 398. The molecule has 0 unspecified atom stereocenters. The van der Waals surface area contributed by atoms with Crippen molar-refractivity contribution < 1.29 is 0 Å². The fourth-order valence-electron chi connectivity index (χ4n) is 2.35. The van der Waals surface area contributed by atoms with Crippen LogP contribution in [0.1, 0.15) is 12.8 Å². The normalized spacial score (nSPS) is 24.0. The minimum absolute atomic E-state index is 0.431. The van der Waals surface area contributed by atoms with Crippen LogP contribution in [0.4, 0.5) is 11.5 Å². The van der Waals surface area contributed by atoms with Gasteiger partial charge in [-0.05, 0) is 41.5 Å². The largest absolute Gasteiger partial charge is 0.366 e. The number of hydrogen-bond acceptors (Lipinski definition) is 3. The summed E-state index contributed by atoms with van der Waals surface area (Å²) in [6.45, 7) is 2.17. The maximum atomic E-state index is 6.31. The molecule has 0 saturated carbocycles. The molecule has 0 radical (unpaired) electrons. The van der Waals surface area contributed by atoms with Crippen LogP contribution < -0.4 is 9.32 Å². The number of fused-ring (bicyclic) bond motifs is 4. The monoisotopic (exact) mass is 335 g/mol. The van der Waals surface area contributed by atoms with Crippen molar-refractivity contribution in [1.29, 1.82) is 0 Å². The van der Waals surface area contributed by atoms with Crippen LogP contribution in [0.25, 0.3) is 0 Å². The van der Waals surface area contributed by atoms with Gasteiger partial charge in [-0.15, -0.1) is 0 Å². The summed E-state index contributed by atoms with van der Waals surface area (Å²) in [7, 11) is 0. The molecule has 1 atom stereocenters. The molecule has 0 aliphatic carbocycles. The molecule has 3 nitrogen and oxygen atoms in total. The van der Waals surface area contributed by atoms with Gasteiger partial charge in [0, 0.05) is 34.6 Å². The highest BCUT2D eigenvalue weighted by Crippen LogP contribution is 2.39. The topological polar surface area (TPSA) is 19.4 Å². The summed E-state index contributed by atoms with van der Waals surface area (Å²) in [5, 5.41) is 0. The lowest BCUT2D eigenvalue weighted by atomic mass is 10.0. The number of aromatic nitrogens is 1. The molecule has 2 bridgehead atoms. The van der Waals surface area contributed by atoms with E-state index in [4.69, 9.17) is 11.8 Å². The van der Waals surface area contributed by atoms with Gasteiger partial charge >= 0.3 is 0 Å². The van der Waals surface area contributed by atoms with Gasteiger partial charge < -0.3 is 4.90 Å². The third kappa shape index (κ3) is 1.58. The van der Waals surface area contributed by atoms with Crippen molar-refractivity contribution in [1.82, 2.24) is 4.98 Å². The van der Waals surface area contributed by atoms with Gasteiger partial charge in [0.05, 0.1) is 11.7 Å². The zero-order valence-electron chi connectivity index (χ0n) is 8.16. The summed E-state index contributed by atoms with van der Waals surface area (Å²) in [6.07, 6.45) is 4.27. The molecule has 0 aromatic carbocycles. The van der Waals surface area contributed by atoms with Crippen molar-refractivity contribution in [3.63, 3.8) is 0 Å². The molecule has 1 aromatic rings. The molecular formula is C10H11ClIN3. The lowest BCUT2D eigenvalue weighted by Gasteiger charge is -2.43. The van der Waals surface area contributed by atoms with Crippen molar-refractivity contribution in [2.75, 3.05) is 22.4 Å². The number of rotatable bonds is 0. The van der Waals surface area contributed by atoms with Crippen LogP contribution in [0.2, 0.25) is 0 Å². The summed E-state index contributed by atoms with van der Waals surface area (Å²) >= 11 is 8.60. The van der Waals surface area contributed by atoms with Gasteiger partial charge in [-0.3, -0.25) is 4.42 Å². The summed E-state index contributed by atoms with van der Waals surface area (Å²) in [5.41, 5.74) is 1.19. The maximum Gasteiger partial charge on any atom is 0.167 e. The van der Waals surface area contributed by atoms with Crippen LogP contribution >= 0.6 is 34.4 Å². The van der Waals surface area contributed by atoms with Crippen LogP contribution in [0.3, 0.4) is 0 Å². The first-order valence-corrected chi connectivity index (χ1v) is 6.53. The third-order valence-electron chi connectivity index (χ3n) is 3.07. The van der Waals surface area contributed by atoms with Crippen LogP contribution in [-0.4, -0.2) is 24.1 Å². The Labute approximate surface area is 108 Å². The minimum atomic E-state index is 0.431. The van der Waals surface area contributed by atoms with Gasteiger partial charge in [0.25, 0.3) is 0 Å². The number of nitrogens with zero attached hydrogens (tertiary/aromatic N) is 3. The Balaban J connectivity index is 2.11. The number of hydrogen-bond donors (Lipinski definition) is 0. The fourth-order valence-corrected chi connectivity index (χ4v) is 3.07. The molecule has 2 aliphatic heterocycles. The highest BCUT2D eigenvalue weighted by Gasteiger charge is 2.33. The summed E-state index contributed by atoms with van der Waals surface area (Å²) in [5.74, 6) is 0.924. The van der Waals surface area contributed by atoms with Crippen molar-refractivity contribution in [3.05, 3.63) is 15.8 Å². The minimum Gasteiger partial charge on any atom is -0.366 e. The zero-order valence-corrected chi connectivity index (χ0v) is 11.1. The molecule has 0 spiro atoms. The fraction of sp³-hybridized carbons (Fsp3) is 0.500. The molecule has 1 fully saturated rings. The second kappa shape index (κ2) is 3.66. The van der Waals surface area contributed by atoms with Gasteiger partial charge in [0.15, 0.2) is 5.82 Å². The number of anilines is 2. The van der Waals surface area contributed by atoms with E-state index in [1.165, 1.54) is 22.1 Å². The number of halogens is 2. The van der Waals surface area contributed by atoms with Crippen LogP contribution in [-0.2, 0) is 0 Å². The van der Waals surface area contributed by atoms with Gasteiger partial charge in [-0.2, -0.15) is 0 Å². The zero-order chi connectivity index (χ0) is 10.4. The van der Waals surface area contributed by atoms with E-state index in [1.54, 1.807) is 0 Å². The first-order valence-electron chi connectivity index (χ1n) is 5.11. The molecule has 80 valence electrons. The lowest BCUT2D eigenvalue weighted by Crippen LogP contribution is -2.49. The van der Waals surface area contributed by atoms with Crippen molar-refractivity contribution >= 4 is 45.9 Å². The van der Waals surface area contributed by atoms with E-state index in [0.717, 1.165) is 18.9 Å². The van der Waals surface area contributed by atoms with Crippen molar-refractivity contribution in [2.24, 2.45) is 0 Å². The summed E-state index contributed by atoms with van der Waals surface area (Å²) < 4.78 is 2.99. The van der Waals surface area contributed by atoms with Crippen molar-refractivity contribution in [3.8, 4) is 0 Å². The predicted octanol–water partition coefficient (Wildman–Crippen LogP) is 2.63. The Kier molecular flexibility index (Phi) is 2.43. The molecule has 3 rings (SSSR count). The quantitative estimate of drug-likeness (QED) is 0.537. The van der Waals surface area contributed by atoms with Gasteiger partial charge in [0.2, 0.25) is 0 Å². The standard InChI is InChI=1S/C10H11ClIN3/c11-15-8-2-1-3-14(6-8)9-4-7(12)5-13-10(9)15/h4-5,8H,1-3,6H2/t8-/m0/s1. The van der Waals surface area contributed by atoms with Crippen LogP contribution in [0, 0.1) is 3.57 Å². The lowest BCUT2D eigenvalue weighted by molar-refractivity contribution is 0.492. The van der Waals surface area contributed by atoms with Crippen LogP contribution in [0.15, 0.2) is 12.3 Å². The smallest absolute Gasteiger partial charge is 0.167 e. The highest BCUT2D eigenvalue weighted by atomic mass is 127. The SMILES string of the molecule is ClN1c2ncc(I)cc2N2CCC[C@H]1C2. The van der Waals surface area contributed by atoms with E-state index >= 15 is 0 Å². The molecule has 0 amide bonds. The van der Waals surface area contributed by atoms with Gasteiger partial charge in [-0.1, -0.05) is 0 Å². The van der Waals surface area contributed by atoms with E-state index in [2.05, 4.69) is 38.5 Å². The summed E-state index contributed by atoms with van der Waals surface area (Å²) in [6, 6.07) is 2.60. The molecule has 1 saturated heterocycles. The van der Waals surface area contributed by atoms with Crippen LogP contribution in [0.5, 0.6) is 0 Å². The average Bonchev–Trinajstić information content (AvgIpc) is 2.27. The maximum absolute atomic E-state index is 6.31. The van der Waals surface area contributed by atoms with E-state index in [1.807, 2.05) is 10.6 Å². The Hall–Kier alpha value is -0.230. The van der Waals surface area contributed by atoms with E-state index in [0.29, 0.717) is 6.04 Å². The predicted molar refractivity (Wildman–Crippen MR) is 70.5 cm³/mol. The third-order valence-corrected chi connectivity index (χ3v) is 4.10. The number of pyridine rings is 1. The first-order chi connectivity index (χ1) is 7.25. The molecule has 5 heteroatoms. The molecule has 0 N–H and O–H groups in total. The van der Waals surface area contributed by atoms with Crippen molar-refractivity contribution in [2.45, 2.75) is 18.9 Å². The second-order valence-electron chi connectivity index (χ2n) is 4.05. The van der Waals surface area contributed by atoms with E-state index in [-0.39, 0.29) is 0 Å². The average molecular weight is 336 g/mol. The Morgan fingerprint density at radius 3 is 3.27 bits per heavy atom. The molecular weight excluding hydrogens is 324 g/mol.